The first-order valence-electron chi connectivity index (χ1n) is 5.72. The molecule has 0 unspecified atom stereocenters. The number of hydrogen-bond acceptors (Lipinski definition) is 5. The molecule has 2 rings (SSSR count). The molecular formula is C12H16FNO4. The summed E-state index contributed by atoms with van der Waals surface area (Å²) >= 11 is 0. The first-order chi connectivity index (χ1) is 8.60. The summed E-state index contributed by atoms with van der Waals surface area (Å²) in [4.78, 5) is 1.52. The van der Waals surface area contributed by atoms with Crippen LogP contribution in [0.25, 0.3) is 0 Å². The molecule has 0 aromatic heterocycles. The van der Waals surface area contributed by atoms with Gasteiger partial charge in [0, 0.05) is 5.69 Å². The van der Waals surface area contributed by atoms with Gasteiger partial charge >= 0.3 is 0 Å². The largest absolute Gasteiger partial charge is 0.394 e. The minimum Gasteiger partial charge on any atom is -0.394 e. The second-order valence-electron chi connectivity index (χ2n) is 4.36. The summed E-state index contributed by atoms with van der Waals surface area (Å²) in [6, 6.07) is 4.01. The third-order valence-corrected chi connectivity index (χ3v) is 3.35. The van der Waals surface area contributed by atoms with Crippen LogP contribution in [0.3, 0.4) is 0 Å². The van der Waals surface area contributed by atoms with Crippen molar-refractivity contribution in [3.63, 3.8) is 0 Å². The predicted molar refractivity (Wildman–Crippen MR) is 62.6 cm³/mol. The number of rotatable bonds is 3. The quantitative estimate of drug-likeness (QED) is 0.563. The number of aliphatic hydroxyl groups is 4. The Hall–Kier alpha value is -1.21. The number of benzene rings is 1. The maximum Gasteiger partial charge on any atom is 0.123 e. The van der Waals surface area contributed by atoms with Crippen LogP contribution in [0.15, 0.2) is 24.3 Å². The van der Waals surface area contributed by atoms with Crippen LogP contribution in [-0.2, 0) is 0 Å². The maximum absolute atomic E-state index is 12.9. The lowest BCUT2D eigenvalue weighted by atomic mass is 10.1. The summed E-state index contributed by atoms with van der Waals surface area (Å²) < 4.78 is 12.9. The topological polar surface area (TPSA) is 84.2 Å². The van der Waals surface area contributed by atoms with Crippen LogP contribution in [0.1, 0.15) is 0 Å². The van der Waals surface area contributed by atoms with Crippen LogP contribution in [0.5, 0.6) is 0 Å². The lowest BCUT2D eigenvalue weighted by Gasteiger charge is -2.30. The number of anilines is 1. The number of halogens is 1. The Morgan fingerprint density at radius 1 is 0.944 bits per heavy atom. The van der Waals surface area contributed by atoms with Gasteiger partial charge in [0.05, 0.1) is 25.3 Å². The molecule has 1 fully saturated rings. The van der Waals surface area contributed by atoms with Gasteiger partial charge in [-0.1, -0.05) is 0 Å². The SMILES string of the molecule is OC[C@@H]1[C@@H](O)[C@H](O)[C@@H](CO)N1c1ccc(F)cc1. The van der Waals surface area contributed by atoms with Gasteiger partial charge in [-0.3, -0.25) is 0 Å². The van der Waals surface area contributed by atoms with Gasteiger partial charge in [0.2, 0.25) is 0 Å². The first kappa shape index (κ1) is 13.2. The Morgan fingerprint density at radius 3 is 1.78 bits per heavy atom. The summed E-state index contributed by atoms with van der Waals surface area (Å²) in [5.41, 5.74) is 0.533. The van der Waals surface area contributed by atoms with E-state index < -0.39 is 30.1 Å². The molecule has 100 valence electrons. The second-order valence-corrected chi connectivity index (χ2v) is 4.36. The average Bonchev–Trinajstić information content (AvgIpc) is 2.62. The molecule has 1 aromatic carbocycles. The molecule has 1 aromatic rings. The third kappa shape index (κ3) is 2.08. The van der Waals surface area contributed by atoms with Gasteiger partial charge < -0.3 is 25.3 Å². The van der Waals surface area contributed by atoms with Gasteiger partial charge in [0.15, 0.2) is 0 Å². The highest BCUT2D eigenvalue weighted by Crippen LogP contribution is 2.31. The van der Waals surface area contributed by atoms with Crippen LogP contribution in [0, 0.1) is 5.82 Å². The Labute approximate surface area is 104 Å². The van der Waals surface area contributed by atoms with Crippen molar-refractivity contribution in [2.75, 3.05) is 18.1 Å². The minimum atomic E-state index is -1.16. The molecule has 0 bridgehead atoms. The molecule has 0 radical (unpaired) electrons. The Balaban J connectivity index is 2.35. The van der Waals surface area contributed by atoms with Crippen LogP contribution < -0.4 is 4.90 Å². The van der Waals surface area contributed by atoms with Crippen molar-refractivity contribution in [2.24, 2.45) is 0 Å². The summed E-state index contributed by atoms with van der Waals surface area (Å²) in [6.07, 6.45) is -2.31. The standard InChI is InChI=1S/C12H16FNO4/c13-7-1-3-8(4-2-7)14-9(5-15)11(17)12(18)10(14)6-16/h1-4,9-12,15-18H,5-6H2/t9-,10-,11-,12-/m1/s1. The highest BCUT2D eigenvalue weighted by Gasteiger charge is 2.46. The molecule has 18 heavy (non-hydrogen) atoms. The van der Waals surface area contributed by atoms with E-state index in [0.717, 1.165) is 0 Å². The van der Waals surface area contributed by atoms with Gasteiger partial charge in [-0.25, -0.2) is 4.39 Å². The molecule has 5 nitrogen and oxygen atoms in total. The van der Waals surface area contributed by atoms with Crippen LogP contribution >= 0.6 is 0 Å². The second kappa shape index (κ2) is 5.19. The molecule has 1 heterocycles. The molecule has 1 aliphatic rings. The summed E-state index contributed by atoms with van der Waals surface area (Å²) in [7, 11) is 0. The van der Waals surface area contributed by atoms with E-state index >= 15 is 0 Å². The Kier molecular flexibility index (Phi) is 3.82. The highest BCUT2D eigenvalue weighted by atomic mass is 19.1. The minimum absolute atomic E-state index is 0.369. The van der Waals surface area contributed by atoms with Crippen molar-refractivity contribution in [1.29, 1.82) is 0 Å². The van der Waals surface area contributed by atoms with E-state index in [1.807, 2.05) is 0 Å². The Bertz CT molecular complexity index is 384. The first-order valence-corrected chi connectivity index (χ1v) is 5.72. The Morgan fingerprint density at radius 2 is 1.39 bits per heavy atom. The summed E-state index contributed by atoms with van der Waals surface area (Å²) in [6.45, 7) is -0.738. The fraction of sp³-hybridized carbons (Fsp3) is 0.500. The summed E-state index contributed by atoms with van der Waals surface area (Å²) in [5, 5.41) is 38.2. The van der Waals surface area contributed by atoms with E-state index in [1.165, 1.54) is 29.2 Å². The van der Waals surface area contributed by atoms with Gasteiger partial charge in [0.1, 0.15) is 18.0 Å². The van der Waals surface area contributed by atoms with Gasteiger partial charge in [-0.15, -0.1) is 0 Å². The maximum atomic E-state index is 12.9. The molecule has 0 aliphatic carbocycles. The van der Waals surface area contributed by atoms with E-state index in [0.29, 0.717) is 5.69 Å². The number of nitrogens with zero attached hydrogens (tertiary/aromatic N) is 1. The fourth-order valence-corrected chi connectivity index (χ4v) is 2.42. The molecule has 6 heteroatoms. The van der Waals surface area contributed by atoms with Crippen LogP contribution in [0.2, 0.25) is 0 Å². The number of hydrogen-bond donors (Lipinski definition) is 4. The van der Waals surface area contributed by atoms with Crippen LogP contribution in [0.4, 0.5) is 10.1 Å². The molecule has 0 spiro atoms. The molecular weight excluding hydrogens is 241 g/mol. The van der Waals surface area contributed by atoms with E-state index in [-0.39, 0.29) is 13.2 Å². The van der Waals surface area contributed by atoms with Crippen molar-refractivity contribution in [1.82, 2.24) is 0 Å². The van der Waals surface area contributed by atoms with Crippen molar-refractivity contribution >= 4 is 5.69 Å². The van der Waals surface area contributed by atoms with E-state index in [1.54, 1.807) is 0 Å². The van der Waals surface area contributed by atoms with E-state index in [4.69, 9.17) is 0 Å². The van der Waals surface area contributed by atoms with Crippen molar-refractivity contribution in [2.45, 2.75) is 24.3 Å². The monoisotopic (exact) mass is 257 g/mol. The molecule has 0 saturated carbocycles. The zero-order valence-corrected chi connectivity index (χ0v) is 9.65. The van der Waals surface area contributed by atoms with Crippen LogP contribution in [-0.4, -0.2) is 57.9 Å². The van der Waals surface area contributed by atoms with Gasteiger partial charge in [-0.05, 0) is 24.3 Å². The van der Waals surface area contributed by atoms with E-state index in [2.05, 4.69) is 0 Å². The van der Waals surface area contributed by atoms with Crippen molar-refractivity contribution < 1.29 is 24.8 Å². The van der Waals surface area contributed by atoms with E-state index in [9.17, 15) is 24.8 Å². The smallest absolute Gasteiger partial charge is 0.123 e. The summed E-state index contributed by atoms with van der Waals surface area (Å²) in [5.74, 6) is -0.403. The molecule has 1 aliphatic heterocycles. The van der Waals surface area contributed by atoms with Gasteiger partial charge in [-0.2, -0.15) is 0 Å². The van der Waals surface area contributed by atoms with Gasteiger partial charge in [0.25, 0.3) is 0 Å². The zero-order chi connectivity index (χ0) is 13.3. The lowest BCUT2D eigenvalue weighted by Crippen LogP contribution is -2.43. The average molecular weight is 257 g/mol. The predicted octanol–water partition coefficient (Wildman–Crippen LogP) is -0.911. The molecule has 1 saturated heterocycles. The normalized spacial score (nSPS) is 31.9. The third-order valence-electron chi connectivity index (χ3n) is 3.35. The molecule has 4 N–H and O–H groups in total. The zero-order valence-electron chi connectivity index (χ0n) is 9.65. The molecule has 4 atom stereocenters. The number of aliphatic hydroxyl groups excluding tert-OH is 4. The van der Waals surface area contributed by atoms with Crippen molar-refractivity contribution in [3.8, 4) is 0 Å². The highest BCUT2D eigenvalue weighted by molar-refractivity contribution is 5.51. The van der Waals surface area contributed by atoms with Crippen molar-refractivity contribution in [3.05, 3.63) is 30.1 Å². The lowest BCUT2D eigenvalue weighted by molar-refractivity contribution is 0.0130. The molecule has 0 amide bonds. The fourth-order valence-electron chi connectivity index (χ4n) is 2.42.